The zero-order chi connectivity index (χ0) is 9.68. The fourth-order valence-corrected chi connectivity index (χ4v) is 2.10. The molecule has 0 aromatic rings. The van der Waals surface area contributed by atoms with Crippen molar-refractivity contribution in [2.45, 2.75) is 58.8 Å². The van der Waals surface area contributed by atoms with Crippen molar-refractivity contribution in [1.29, 1.82) is 0 Å². The van der Waals surface area contributed by atoms with E-state index in [9.17, 15) is 4.79 Å². The molecule has 1 aliphatic carbocycles. The van der Waals surface area contributed by atoms with Crippen molar-refractivity contribution in [2.24, 2.45) is 11.8 Å². The van der Waals surface area contributed by atoms with Crippen molar-refractivity contribution in [2.75, 3.05) is 0 Å². The van der Waals surface area contributed by atoms with Gasteiger partial charge in [0, 0.05) is 12.3 Å². The Balaban J connectivity index is 2.42. The summed E-state index contributed by atoms with van der Waals surface area (Å²) in [6, 6.07) is 0. The summed E-state index contributed by atoms with van der Waals surface area (Å²) in [6.45, 7) is 4.31. The highest BCUT2D eigenvalue weighted by molar-refractivity contribution is 5.80. The minimum atomic E-state index is 0.320. The van der Waals surface area contributed by atoms with Crippen molar-refractivity contribution in [3.8, 4) is 0 Å². The number of Topliss-reactive ketones (excluding diaryl/α,β-unsaturated/α-hetero) is 1. The Morgan fingerprint density at radius 1 is 1.00 bits per heavy atom. The van der Waals surface area contributed by atoms with Gasteiger partial charge in [-0.2, -0.15) is 0 Å². The molecule has 1 saturated carbocycles. The SMILES string of the molecule is C[C@H]1CCCCCC[C@H](C)C(=O)C1. The summed E-state index contributed by atoms with van der Waals surface area (Å²) in [4.78, 5) is 11.6. The molecular weight excluding hydrogens is 160 g/mol. The van der Waals surface area contributed by atoms with E-state index in [2.05, 4.69) is 13.8 Å². The third kappa shape index (κ3) is 3.93. The molecule has 0 bridgehead atoms. The standard InChI is InChI=1S/C12H22O/c1-10-7-5-3-4-6-8-11(2)12(13)9-10/h10-11H,3-9H2,1-2H3/t10-,11-/m0/s1. The van der Waals surface area contributed by atoms with Gasteiger partial charge < -0.3 is 0 Å². The first-order valence-electron chi connectivity index (χ1n) is 5.73. The van der Waals surface area contributed by atoms with Gasteiger partial charge in [0.05, 0.1) is 0 Å². The van der Waals surface area contributed by atoms with Gasteiger partial charge in [-0.15, -0.1) is 0 Å². The van der Waals surface area contributed by atoms with Crippen LogP contribution in [0.4, 0.5) is 0 Å². The Hall–Kier alpha value is -0.330. The lowest BCUT2D eigenvalue weighted by molar-refractivity contribution is -0.123. The molecule has 1 heteroatoms. The number of ketones is 1. The van der Waals surface area contributed by atoms with Gasteiger partial charge in [0.1, 0.15) is 5.78 Å². The van der Waals surface area contributed by atoms with Crippen LogP contribution < -0.4 is 0 Å². The molecule has 0 radical (unpaired) electrons. The molecule has 0 unspecified atom stereocenters. The molecular formula is C12H22O. The molecule has 1 fully saturated rings. The number of rotatable bonds is 0. The quantitative estimate of drug-likeness (QED) is 0.559. The van der Waals surface area contributed by atoms with Crippen molar-refractivity contribution in [3.63, 3.8) is 0 Å². The largest absolute Gasteiger partial charge is 0.299 e. The Morgan fingerprint density at radius 3 is 2.31 bits per heavy atom. The van der Waals surface area contributed by atoms with E-state index in [1.54, 1.807) is 0 Å². The van der Waals surface area contributed by atoms with Gasteiger partial charge >= 0.3 is 0 Å². The first-order chi connectivity index (χ1) is 6.20. The maximum absolute atomic E-state index is 11.6. The van der Waals surface area contributed by atoms with E-state index < -0.39 is 0 Å². The molecule has 0 heterocycles. The fourth-order valence-electron chi connectivity index (χ4n) is 2.10. The second-order valence-corrected chi connectivity index (χ2v) is 4.67. The van der Waals surface area contributed by atoms with Crippen LogP contribution in [0, 0.1) is 11.8 Å². The lowest BCUT2D eigenvalue weighted by Gasteiger charge is -2.16. The fraction of sp³-hybridized carbons (Fsp3) is 0.917. The van der Waals surface area contributed by atoms with Gasteiger partial charge in [0.2, 0.25) is 0 Å². The molecule has 1 nitrogen and oxygen atoms in total. The van der Waals surface area contributed by atoms with E-state index in [1.807, 2.05) is 0 Å². The Morgan fingerprint density at radius 2 is 1.62 bits per heavy atom. The summed E-state index contributed by atoms with van der Waals surface area (Å²) in [5.74, 6) is 1.43. The summed E-state index contributed by atoms with van der Waals surface area (Å²) in [5.41, 5.74) is 0. The molecule has 0 spiro atoms. The first-order valence-corrected chi connectivity index (χ1v) is 5.73. The van der Waals surface area contributed by atoms with E-state index in [0.29, 0.717) is 17.6 Å². The van der Waals surface area contributed by atoms with E-state index in [4.69, 9.17) is 0 Å². The predicted octanol–water partition coefficient (Wildman–Crippen LogP) is 3.57. The first kappa shape index (κ1) is 10.7. The minimum absolute atomic E-state index is 0.320. The van der Waals surface area contributed by atoms with Crippen molar-refractivity contribution < 1.29 is 4.79 Å². The molecule has 1 rings (SSSR count). The van der Waals surface area contributed by atoms with Gasteiger partial charge in [0.15, 0.2) is 0 Å². The maximum Gasteiger partial charge on any atom is 0.135 e. The summed E-state index contributed by atoms with van der Waals surface area (Å²) in [7, 11) is 0. The summed E-state index contributed by atoms with van der Waals surface area (Å²) >= 11 is 0. The highest BCUT2D eigenvalue weighted by atomic mass is 16.1. The second kappa shape index (κ2) is 5.41. The van der Waals surface area contributed by atoms with Gasteiger partial charge in [-0.3, -0.25) is 4.79 Å². The van der Waals surface area contributed by atoms with Crippen molar-refractivity contribution in [1.82, 2.24) is 0 Å². The Kier molecular flexibility index (Phi) is 4.47. The molecule has 2 atom stereocenters. The normalized spacial score (nSPS) is 32.9. The molecule has 0 N–H and O–H groups in total. The van der Waals surface area contributed by atoms with E-state index >= 15 is 0 Å². The summed E-state index contributed by atoms with van der Waals surface area (Å²) < 4.78 is 0. The van der Waals surface area contributed by atoms with E-state index in [1.165, 1.54) is 32.1 Å². The van der Waals surface area contributed by atoms with Gasteiger partial charge in [-0.1, -0.05) is 46.0 Å². The average Bonchev–Trinajstić information content (AvgIpc) is 2.09. The molecule has 76 valence electrons. The molecule has 1 aliphatic rings. The maximum atomic E-state index is 11.6. The molecule has 13 heavy (non-hydrogen) atoms. The zero-order valence-electron chi connectivity index (χ0n) is 9.01. The number of carbonyl (C=O) groups is 1. The number of hydrogen-bond acceptors (Lipinski definition) is 1. The molecule has 0 amide bonds. The van der Waals surface area contributed by atoms with Crippen LogP contribution in [-0.2, 0) is 4.79 Å². The second-order valence-electron chi connectivity index (χ2n) is 4.67. The summed E-state index contributed by atoms with van der Waals surface area (Å²) in [5, 5.41) is 0. The van der Waals surface area contributed by atoms with Gasteiger partial charge in [-0.25, -0.2) is 0 Å². The molecule has 0 saturated heterocycles. The number of hydrogen-bond donors (Lipinski definition) is 0. The van der Waals surface area contributed by atoms with Crippen molar-refractivity contribution >= 4 is 5.78 Å². The topological polar surface area (TPSA) is 17.1 Å². The van der Waals surface area contributed by atoms with Crippen molar-refractivity contribution in [3.05, 3.63) is 0 Å². The third-order valence-electron chi connectivity index (χ3n) is 3.18. The monoisotopic (exact) mass is 182 g/mol. The van der Waals surface area contributed by atoms with Crippen LogP contribution >= 0.6 is 0 Å². The van der Waals surface area contributed by atoms with Crippen LogP contribution in [0.1, 0.15) is 58.8 Å². The Labute approximate surface area is 81.9 Å². The van der Waals surface area contributed by atoms with Gasteiger partial charge in [0.25, 0.3) is 0 Å². The van der Waals surface area contributed by atoms with Crippen LogP contribution in [0.2, 0.25) is 0 Å². The van der Waals surface area contributed by atoms with E-state index in [0.717, 1.165) is 12.8 Å². The van der Waals surface area contributed by atoms with Crippen LogP contribution in [0.5, 0.6) is 0 Å². The van der Waals surface area contributed by atoms with Gasteiger partial charge in [-0.05, 0) is 12.3 Å². The van der Waals surface area contributed by atoms with Crippen LogP contribution in [0.25, 0.3) is 0 Å². The predicted molar refractivity (Wildman–Crippen MR) is 55.7 cm³/mol. The van der Waals surface area contributed by atoms with Crippen LogP contribution in [-0.4, -0.2) is 5.78 Å². The summed E-state index contributed by atoms with van der Waals surface area (Å²) in [6.07, 6.45) is 8.45. The lowest BCUT2D eigenvalue weighted by atomic mass is 9.88. The minimum Gasteiger partial charge on any atom is -0.299 e. The third-order valence-corrected chi connectivity index (χ3v) is 3.18. The smallest absolute Gasteiger partial charge is 0.135 e. The molecule has 0 aromatic carbocycles. The van der Waals surface area contributed by atoms with E-state index in [-0.39, 0.29) is 0 Å². The highest BCUT2D eigenvalue weighted by Crippen LogP contribution is 2.21. The zero-order valence-corrected chi connectivity index (χ0v) is 9.01. The highest BCUT2D eigenvalue weighted by Gasteiger charge is 2.16. The number of carbonyl (C=O) groups excluding carboxylic acids is 1. The average molecular weight is 182 g/mol. The molecule has 0 aliphatic heterocycles. The molecule has 0 aromatic heterocycles. The van der Waals surface area contributed by atoms with Crippen LogP contribution in [0.3, 0.4) is 0 Å². The Bertz CT molecular complexity index is 163. The lowest BCUT2D eigenvalue weighted by Crippen LogP contribution is -2.15. The van der Waals surface area contributed by atoms with Crippen LogP contribution in [0.15, 0.2) is 0 Å².